The third-order valence-corrected chi connectivity index (χ3v) is 5.96. The number of thiophene rings is 1. The van der Waals surface area contributed by atoms with Crippen LogP contribution in [0.25, 0.3) is 0 Å². The number of hydrogen-bond donors (Lipinski definition) is 0. The van der Waals surface area contributed by atoms with Crippen molar-refractivity contribution in [3.63, 3.8) is 0 Å². The van der Waals surface area contributed by atoms with Crippen molar-refractivity contribution in [3.05, 3.63) is 55.1 Å². The largest absolute Gasteiger partial charge is 0.207 e. The number of halogens is 5. The second kappa shape index (κ2) is 5.34. The summed E-state index contributed by atoms with van der Waals surface area (Å²) in [5.41, 5.74) is -0.00193. The highest BCUT2D eigenvalue weighted by Crippen LogP contribution is 2.42. The van der Waals surface area contributed by atoms with Crippen molar-refractivity contribution in [2.75, 3.05) is 0 Å². The fourth-order valence-electron chi connectivity index (χ4n) is 1.38. The van der Waals surface area contributed by atoms with Crippen LogP contribution < -0.4 is 0 Å². The lowest BCUT2D eigenvalue weighted by molar-refractivity contribution is 0.561. The molecule has 0 N–H and O–H groups in total. The lowest BCUT2D eigenvalue weighted by Crippen LogP contribution is -1.98. The Labute approximate surface area is 123 Å². The van der Waals surface area contributed by atoms with E-state index in [0.29, 0.717) is 4.34 Å². The molecule has 0 aliphatic heterocycles. The van der Waals surface area contributed by atoms with E-state index in [2.05, 4.69) is 31.9 Å². The summed E-state index contributed by atoms with van der Waals surface area (Å²) in [6, 6.07) is 5.55. The minimum atomic E-state index is -0.576. The van der Waals surface area contributed by atoms with E-state index >= 15 is 0 Å². The molecule has 1 heterocycles. The summed E-state index contributed by atoms with van der Waals surface area (Å²) in [4.78, 5) is 0.198. The average Bonchev–Trinajstić information content (AvgIpc) is 2.59. The summed E-state index contributed by atoms with van der Waals surface area (Å²) >= 11 is 13.7. The first kappa shape index (κ1) is 13.5. The standard InChI is InChI=1S/C11H5Br2ClF2S/c12-5-4-8(17-11(5)14)10(13)9-6(15)2-1-3-7(9)16/h1-4,10H. The Kier molecular flexibility index (Phi) is 4.23. The number of alkyl halides is 1. The Bertz CT molecular complexity index is 517. The maximum Gasteiger partial charge on any atom is 0.130 e. The number of rotatable bonds is 2. The molecule has 0 fully saturated rings. The summed E-state index contributed by atoms with van der Waals surface area (Å²) in [6.45, 7) is 0. The quantitative estimate of drug-likeness (QED) is 0.547. The Balaban J connectivity index is 2.47. The van der Waals surface area contributed by atoms with Crippen LogP contribution in [0.3, 0.4) is 0 Å². The van der Waals surface area contributed by atoms with Gasteiger partial charge in [0.1, 0.15) is 16.0 Å². The highest BCUT2D eigenvalue weighted by Gasteiger charge is 2.21. The average molecular weight is 402 g/mol. The highest BCUT2D eigenvalue weighted by molar-refractivity contribution is 9.10. The van der Waals surface area contributed by atoms with E-state index < -0.39 is 16.5 Å². The molecule has 0 amide bonds. The topological polar surface area (TPSA) is 0 Å². The van der Waals surface area contributed by atoms with Crippen LogP contribution in [0, 0.1) is 11.6 Å². The molecule has 0 saturated carbocycles. The van der Waals surface area contributed by atoms with Crippen molar-refractivity contribution in [2.45, 2.75) is 4.83 Å². The van der Waals surface area contributed by atoms with Crippen LogP contribution in [0.2, 0.25) is 4.34 Å². The molecule has 0 radical (unpaired) electrons. The molecular weight excluding hydrogens is 397 g/mol. The Hall–Kier alpha value is 0.0300. The van der Waals surface area contributed by atoms with Crippen molar-refractivity contribution in [1.29, 1.82) is 0 Å². The van der Waals surface area contributed by atoms with E-state index in [1.807, 2.05) is 0 Å². The van der Waals surface area contributed by atoms with Crippen molar-refractivity contribution in [2.24, 2.45) is 0 Å². The molecule has 0 nitrogen and oxygen atoms in total. The van der Waals surface area contributed by atoms with Crippen LogP contribution in [0.4, 0.5) is 8.78 Å². The fraction of sp³-hybridized carbons (Fsp3) is 0.0909. The minimum absolute atomic E-state index is 0.00193. The SMILES string of the molecule is Fc1cccc(F)c1C(Br)c1cc(Br)c(Cl)s1. The molecule has 90 valence electrons. The van der Waals surface area contributed by atoms with Gasteiger partial charge in [-0.2, -0.15) is 0 Å². The third kappa shape index (κ3) is 2.72. The van der Waals surface area contributed by atoms with Crippen molar-refractivity contribution in [3.8, 4) is 0 Å². The summed E-state index contributed by atoms with van der Waals surface area (Å²) in [5.74, 6) is -1.15. The molecule has 0 spiro atoms. The smallest absolute Gasteiger partial charge is 0.130 e. The first-order valence-electron chi connectivity index (χ1n) is 4.53. The second-order valence-corrected chi connectivity index (χ2v) is 6.72. The first-order chi connectivity index (χ1) is 8.00. The summed E-state index contributed by atoms with van der Waals surface area (Å²) in [7, 11) is 0. The van der Waals surface area contributed by atoms with Crippen molar-refractivity contribution >= 4 is 54.8 Å². The molecule has 2 aromatic rings. The molecule has 2 rings (SSSR count). The highest BCUT2D eigenvalue weighted by atomic mass is 79.9. The van der Waals surface area contributed by atoms with E-state index in [1.165, 1.54) is 29.5 Å². The van der Waals surface area contributed by atoms with Crippen LogP contribution in [-0.2, 0) is 0 Å². The molecule has 0 bridgehead atoms. The molecule has 1 aromatic carbocycles. The van der Waals surface area contributed by atoms with E-state index in [9.17, 15) is 8.78 Å². The zero-order chi connectivity index (χ0) is 12.6. The molecule has 6 heteroatoms. The fourth-order valence-corrected chi connectivity index (χ4v) is 3.96. The summed E-state index contributed by atoms with van der Waals surface area (Å²) < 4.78 is 28.4. The van der Waals surface area contributed by atoms with E-state index in [1.54, 1.807) is 6.07 Å². The normalized spacial score (nSPS) is 12.8. The van der Waals surface area contributed by atoms with Crippen molar-refractivity contribution in [1.82, 2.24) is 0 Å². The zero-order valence-corrected chi connectivity index (χ0v) is 12.9. The van der Waals surface area contributed by atoms with E-state index in [0.717, 1.165) is 9.35 Å². The number of hydrogen-bond acceptors (Lipinski definition) is 1. The maximum atomic E-state index is 13.6. The zero-order valence-electron chi connectivity index (χ0n) is 8.18. The van der Waals surface area contributed by atoms with Gasteiger partial charge in [-0.25, -0.2) is 8.78 Å². The minimum Gasteiger partial charge on any atom is -0.207 e. The Morgan fingerprint density at radius 3 is 2.29 bits per heavy atom. The van der Waals surface area contributed by atoms with Gasteiger partial charge in [0, 0.05) is 14.9 Å². The molecule has 0 saturated heterocycles. The van der Waals surface area contributed by atoms with Crippen LogP contribution in [-0.4, -0.2) is 0 Å². The Morgan fingerprint density at radius 1 is 1.24 bits per heavy atom. The van der Waals surface area contributed by atoms with Crippen LogP contribution in [0.1, 0.15) is 15.3 Å². The molecule has 0 aliphatic rings. The van der Waals surface area contributed by atoms with Gasteiger partial charge in [0.2, 0.25) is 0 Å². The lowest BCUT2D eigenvalue weighted by atomic mass is 10.1. The monoisotopic (exact) mass is 400 g/mol. The van der Waals surface area contributed by atoms with E-state index in [4.69, 9.17) is 11.6 Å². The van der Waals surface area contributed by atoms with E-state index in [-0.39, 0.29) is 5.56 Å². The number of benzene rings is 1. The van der Waals surface area contributed by atoms with Crippen LogP contribution in [0.5, 0.6) is 0 Å². The third-order valence-electron chi connectivity index (χ3n) is 2.17. The van der Waals surface area contributed by atoms with Gasteiger partial charge in [0.05, 0.1) is 4.83 Å². The molecule has 17 heavy (non-hydrogen) atoms. The lowest BCUT2D eigenvalue weighted by Gasteiger charge is -2.10. The molecule has 1 unspecified atom stereocenters. The maximum absolute atomic E-state index is 13.6. The van der Waals surface area contributed by atoms with Gasteiger partial charge in [0.15, 0.2) is 0 Å². The molecule has 1 aromatic heterocycles. The Morgan fingerprint density at radius 2 is 1.82 bits per heavy atom. The van der Waals surface area contributed by atoms with Gasteiger partial charge in [-0.1, -0.05) is 33.6 Å². The molecule has 1 atom stereocenters. The second-order valence-electron chi connectivity index (χ2n) is 3.27. The van der Waals surface area contributed by atoms with Gasteiger partial charge in [0.25, 0.3) is 0 Å². The van der Waals surface area contributed by atoms with Crippen molar-refractivity contribution < 1.29 is 8.78 Å². The first-order valence-corrected chi connectivity index (χ1v) is 7.43. The van der Waals surface area contributed by atoms with Crippen LogP contribution >= 0.6 is 54.8 Å². The summed E-state index contributed by atoms with van der Waals surface area (Å²) in [6.07, 6.45) is 0. The van der Waals surface area contributed by atoms with Gasteiger partial charge in [-0.15, -0.1) is 11.3 Å². The van der Waals surface area contributed by atoms with Crippen LogP contribution in [0.15, 0.2) is 28.7 Å². The van der Waals surface area contributed by atoms with Gasteiger partial charge in [-0.3, -0.25) is 0 Å². The van der Waals surface area contributed by atoms with Gasteiger partial charge >= 0.3 is 0 Å². The predicted molar refractivity (Wildman–Crippen MR) is 74.2 cm³/mol. The molecular formula is C11H5Br2ClF2S. The predicted octanol–water partition coefficient (Wildman–Crippen LogP) is 5.93. The van der Waals surface area contributed by atoms with Gasteiger partial charge < -0.3 is 0 Å². The van der Waals surface area contributed by atoms with Gasteiger partial charge in [-0.05, 0) is 34.1 Å². The molecule has 0 aliphatic carbocycles. The summed E-state index contributed by atoms with van der Waals surface area (Å²) in [5, 5.41) is 0.